The SMILES string of the molecule is C=C(Cc1nc2cccc(NC3CCCC3)n2n1)C1CC1.C=C(Cc1nc2cccc(NCC(C)(C)C)n2n1)C1CC1.C=C(Cc1nc2cccc(NCC(C)C)n2n1)C1CC1.C=C(Cc1nc2cccc(NCCc3c[nH]c4ccccc34)n2n1)C1CC1.C=C(Cc1nc2cccc(NCc3cccc(Cl)c3)n2n1)C1CC1.C=C(Cc1nc2cccc(NCc3ccccc3Cl)n2n1)C1CC1. The van der Waals surface area contributed by atoms with Crippen molar-refractivity contribution in [2.75, 3.05) is 51.5 Å². The lowest BCUT2D eigenvalue weighted by Crippen LogP contribution is -2.20. The van der Waals surface area contributed by atoms with Crippen LogP contribution in [-0.4, -0.2) is 118 Å². The fourth-order valence-electron chi connectivity index (χ4n) is 17.2. The molecule has 13 heterocycles. The number of hydrogen-bond acceptors (Lipinski definition) is 18. The Balaban J connectivity index is 0.000000110. The Kier molecular flexibility index (Phi) is 29.5. The van der Waals surface area contributed by atoms with E-state index in [1.54, 1.807) is 0 Å². The van der Waals surface area contributed by atoms with Gasteiger partial charge in [0, 0.05) is 104 Å². The van der Waals surface area contributed by atoms with Gasteiger partial charge in [-0.05, 0) is 257 Å². The van der Waals surface area contributed by atoms with Gasteiger partial charge in [-0.25, -0.2) is 29.9 Å². The van der Waals surface area contributed by atoms with Crippen LogP contribution in [0, 0.1) is 46.8 Å². The minimum Gasteiger partial charge on any atom is -0.370 e. The van der Waals surface area contributed by atoms with E-state index in [1.165, 1.54) is 153 Å². The van der Waals surface area contributed by atoms with Crippen molar-refractivity contribution in [1.82, 2.24) is 92.6 Å². The lowest BCUT2D eigenvalue weighted by molar-refractivity contribution is 0.442. The first-order valence-corrected chi connectivity index (χ1v) is 49.9. The molecule has 25 nitrogen and oxygen atoms in total. The number of halogens is 2. The number of aromatic amines is 1. The van der Waals surface area contributed by atoms with Crippen LogP contribution in [0.5, 0.6) is 0 Å². The molecule has 3 aromatic carbocycles. The highest BCUT2D eigenvalue weighted by molar-refractivity contribution is 6.31. The summed E-state index contributed by atoms with van der Waals surface area (Å²) in [5.41, 5.74) is 17.8. The Hall–Kier alpha value is -13.3. The molecule has 23 rings (SSSR count). The second-order valence-electron chi connectivity index (χ2n) is 39.7. The summed E-state index contributed by atoms with van der Waals surface area (Å²) < 4.78 is 11.4. The molecular weight excluding hydrogens is 1740 g/mol. The number of hydrogen-bond donors (Lipinski definition) is 7. The van der Waals surface area contributed by atoms with Crippen LogP contribution in [0.15, 0.2) is 261 Å². The van der Waals surface area contributed by atoms with Crippen LogP contribution in [0.25, 0.3) is 44.8 Å². The highest BCUT2D eigenvalue weighted by Crippen LogP contribution is 2.42. The van der Waals surface area contributed by atoms with Gasteiger partial charge in [-0.1, -0.05) is 229 Å². The van der Waals surface area contributed by atoms with E-state index in [-0.39, 0.29) is 5.41 Å². The summed E-state index contributed by atoms with van der Waals surface area (Å²) in [4.78, 5) is 31.1. The van der Waals surface area contributed by atoms with Crippen LogP contribution in [0.2, 0.25) is 10.0 Å². The lowest BCUT2D eigenvalue weighted by atomic mass is 9.97. The second kappa shape index (κ2) is 43.0. The normalized spacial score (nSPS) is 15.2. The number of para-hydroxylation sites is 1. The van der Waals surface area contributed by atoms with E-state index < -0.39 is 0 Å². The molecular formula is C110H129Cl2N25. The summed E-state index contributed by atoms with van der Waals surface area (Å²) in [7, 11) is 0. The first kappa shape index (κ1) is 94.1. The minimum atomic E-state index is 0.228. The molecule has 0 radical (unpaired) electrons. The number of fused-ring (bicyclic) bond motifs is 7. The monoisotopic (exact) mass is 1870 g/mol. The summed E-state index contributed by atoms with van der Waals surface area (Å²) in [6.07, 6.45) is 28.3. The molecule has 0 amide bonds. The average molecular weight is 1870 g/mol. The van der Waals surface area contributed by atoms with Crippen molar-refractivity contribution in [1.29, 1.82) is 0 Å². The van der Waals surface area contributed by atoms with Crippen molar-refractivity contribution >= 4 is 103 Å². The maximum Gasteiger partial charge on any atom is 0.158 e. The Morgan fingerprint density at radius 3 is 1.09 bits per heavy atom. The largest absolute Gasteiger partial charge is 0.370 e. The third kappa shape index (κ3) is 25.7. The van der Waals surface area contributed by atoms with Crippen LogP contribution < -0.4 is 31.9 Å². The Morgan fingerprint density at radius 1 is 0.372 bits per heavy atom. The number of nitrogens with zero attached hydrogens (tertiary/aromatic N) is 18. The highest BCUT2D eigenvalue weighted by Gasteiger charge is 2.31. The van der Waals surface area contributed by atoms with E-state index in [4.69, 9.17) is 28.3 Å². The molecule has 0 saturated heterocycles. The van der Waals surface area contributed by atoms with Crippen molar-refractivity contribution < 1.29 is 0 Å². The van der Waals surface area contributed by atoms with E-state index in [1.807, 2.05) is 167 Å². The van der Waals surface area contributed by atoms with E-state index in [2.05, 4.69) is 215 Å². The van der Waals surface area contributed by atoms with Gasteiger partial charge in [0.15, 0.2) is 68.8 Å². The van der Waals surface area contributed by atoms with Gasteiger partial charge in [-0.15, -0.1) is 30.6 Å². The molecule has 0 spiro atoms. The van der Waals surface area contributed by atoms with Crippen molar-refractivity contribution in [3.63, 3.8) is 0 Å². The second-order valence-corrected chi connectivity index (χ2v) is 40.5. The number of H-pyrrole nitrogens is 1. The molecule has 0 bridgehead atoms. The first-order valence-electron chi connectivity index (χ1n) is 49.1. The van der Waals surface area contributed by atoms with Crippen LogP contribution in [-0.2, 0) is 58.0 Å². The summed E-state index contributed by atoms with van der Waals surface area (Å²) in [6.45, 7) is 40.1. The van der Waals surface area contributed by atoms with Crippen LogP contribution in [0.1, 0.15) is 189 Å². The molecule has 137 heavy (non-hydrogen) atoms. The molecule has 7 fully saturated rings. The van der Waals surface area contributed by atoms with Gasteiger partial charge in [0.1, 0.15) is 34.9 Å². The van der Waals surface area contributed by atoms with Gasteiger partial charge in [-0.2, -0.15) is 27.1 Å². The maximum atomic E-state index is 6.22. The van der Waals surface area contributed by atoms with Crippen LogP contribution >= 0.6 is 23.2 Å². The molecule has 27 heteroatoms. The molecule has 7 saturated carbocycles. The van der Waals surface area contributed by atoms with Gasteiger partial charge < -0.3 is 36.9 Å². The predicted molar refractivity (Wildman–Crippen MR) is 557 cm³/mol. The van der Waals surface area contributed by atoms with Gasteiger partial charge in [0.25, 0.3) is 0 Å². The van der Waals surface area contributed by atoms with Gasteiger partial charge >= 0.3 is 0 Å². The molecule has 0 atom stereocenters. The van der Waals surface area contributed by atoms with Crippen LogP contribution in [0.3, 0.4) is 0 Å². The zero-order chi connectivity index (χ0) is 94.6. The van der Waals surface area contributed by atoms with E-state index in [9.17, 15) is 0 Å². The third-order valence-electron chi connectivity index (χ3n) is 26.0. The van der Waals surface area contributed by atoms with Crippen molar-refractivity contribution in [2.45, 2.75) is 201 Å². The van der Waals surface area contributed by atoms with Gasteiger partial charge in [0.05, 0.1) is 0 Å². The summed E-state index contributed by atoms with van der Waals surface area (Å²) >= 11 is 12.3. The first-order chi connectivity index (χ1) is 66.5. The van der Waals surface area contributed by atoms with E-state index in [0.29, 0.717) is 60.6 Å². The highest BCUT2D eigenvalue weighted by atomic mass is 35.5. The number of benzene rings is 3. The summed E-state index contributed by atoms with van der Waals surface area (Å²) in [6, 6.07) is 61.0. The topological polar surface area (TPSA) is 269 Å². The molecule has 7 N–H and O–H groups in total. The molecule has 7 aliphatic carbocycles. The Labute approximate surface area is 812 Å². The van der Waals surface area contributed by atoms with Crippen molar-refractivity contribution in [2.24, 2.45) is 46.8 Å². The van der Waals surface area contributed by atoms with Crippen molar-refractivity contribution in [3.8, 4) is 0 Å². The van der Waals surface area contributed by atoms with Crippen molar-refractivity contribution in [3.05, 3.63) is 323 Å². The standard InChI is InChI=1S/C22H23N5.2C19H19ClN4.C17H22N4.C17H24N4.C16H22N4/c1-15(16-9-10-16)13-20-25-22-8-4-7-21(27(22)26-20)23-12-11-17-14-24-19-6-3-2-5-18(17)19;1-13(15-8-9-15)10-17-22-19-7-3-6-18(24(19)23-17)21-12-14-4-2-5-16(20)11-14;1-13(14-9-10-14)11-17-22-19-8-4-7-18(24(19)23-17)21-12-15-5-2-3-6-16(15)20;1-12(13-9-10-13)11-15-19-17-8-4-7-16(21(17)20-15)18-14-5-2-3-6-14;1-12(13-8-9-13)10-14-19-16-7-5-6-15(21(16)20-14)18-11-17(2,3)4;1-11(2)10-17-15-5-4-6-16-18-14(19-20(15)16)9-12(3)13-7-8-13/h2-8,14,16,23-24H,1,9-13H2;2-7,11,15,21H,1,8-10,12H2;2-8,14,21H,1,9-12H2;4,7-8,13-14,18H,1-3,5-6,9-11H2;5-7,13,18H,1,8-11H2,2-4H3;4-6,11,13,17H,3,7-10H2,1-2H3. The number of allylic oxidation sites excluding steroid dienone is 6. The van der Waals surface area contributed by atoms with Gasteiger partial charge in [0.2, 0.25) is 0 Å². The number of nitrogens with one attached hydrogen (secondary N) is 7. The predicted octanol–water partition coefficient (Wildman–Crippen LogP) is 24.0. The zero-order valence-corrected chi connectivity index (χ0v) is 81.4. The Bertz CT molecular complexity index is 6970. The average Bonchev–Trinajstić information content (AvgIpc) is 1.67. The molecule has 0 unspecified atom stereocenters. The van der Waals surface area contributed by atoms with Gasteiger partial charge in [-0.3, -0.25) is 0 Å². The van der Waals surface area contributed by atoms with Crippen LogP contribution in [0.4, 0.5) is 34.9 Å². The van der Waals surface area contributed by atoms with E-state index in [0.717, 1.165) is 189 Å². The number of pyridine rings is 6. The summed E-state index contributed by atoms with van der Waals surface area (Å²) in [5, 5.41) is 51.6. The maximum absolute atomic E-state index is 6.22. The third-order valence-corrected chi connectivity index (χ3v) is 26.6. The van der Waals surface area contributed by atoms with E-state index >= 15 is 0 Å². The minimum absolute atomic E-state index is 0.228. The molecule has 16 aromatic rings. The fraction of sp³-hybridized carbons (Fsp3) is 0.382. The number of anilines is 6. The molecule has 13 aromatic heterocycles. The summed E-state index contributed by atoms with van der Waals surface area (Å²) in [5.74, 6) is 15.8. The number of aromatic nitrogens is 19. The zero-order valence-electron chi connectivity index (χ0n) is 79.9. The fourth-order valence-corrected chi connectivity index (χ4v) is 17.6. The quantitative estimate of drug-likeness (QED) is 0.0182. The Morgan fingerprint density at radius 2 is 0.715 bits per heavy atom. The molecule has 708 valence electrons. The molecule has 0 aliphatic heterocycles. The number of rotatable bonds is 35. The molecule has 7 aliphatic rings. The smallest absolute Gasteiger partial charge is 0.158 e. The lowest BCUT2D eigenvalue weighted by Gasteiger charge is -2.19.